The molecule has 0 aliphatic carbocycles. The van der Waals surface area contributed by atoms with E-state index in [9.17, 15) is 14.4 Å². The van der Waals surface area contributed by atoms with Gasteiger partial charge in [0.15, 0.2) is 18.2 Å². The van der Waals surface area contributed by atoms with Crippen molar-refractivity contribution in [3.8, 4) is 11.5 Å². The highest BCUT2D eigenvalue weighted by Gasteiger charge is 2.35. The highest BCUT2D eigenvalue weighted by molar-refractivity contribution is 6.21. The summed E-state index contributed by atoms with van der Waals surface area (Å²) in [5.74, 6) is -0.304. The van der Waals surface area contributed by atoms with E-state index in [1.807, 2.05) is 6.92 Å². The van der Waals surface area contributed by atoms with Crippen LogP contribution in [0, 0.1) is 13.8 Å². The molecule has 3 aromatic rings. The SMILES string of the molecule is COc1cc(C(=O)OCN2C(=O)c3ccccc3C2=O)ccc1OCc1c(C)noc1C. The molecule has 0 bridgehead atoms. The van der Waals surface area contributed by atoms with Crippen LogP contribution in [-0.4, -0.2) is 41.7 Å². The third-order valence-electron chi connectivity index (χ3n) is 5.16. The van der Waals surface area contributed by atoms with Gasteiger partial charge >= 0.3 is 5.97 Å². The molecule has 0 saturated heterocycles. The van der Waals surface area contributed by atoms with Gasteiger partial charge in [0.25, 0.3) is 11.8 Å². The lowest BCUT2D eigenvalue weighted by atomic mass is 10.1. The number of esters is 1. The highest BCUT2D eigenvalue weighted by atomic mass is 16.5. The number of amides is 2. The van der Waals surface area contributed by atoms with E-state index >= 15 is 0 Å². The number of hydrogen-bond donors (Lipinski definition) is 0. The first-order chi connectivity index (χ1) is 15.4. The van der Waals surface area contributed by atoms with Crippen molar-refractivity contribution in [2.24, 2.45) is 0 Å². The highest BCUT2D eigenvalue weighted by Crippen LogP contribution is 2.30. The summed E-state index contributed by atoms with van der Waals surface area (Å²) in [5, 5.41) is 3.89. The van der Waals surface area contributed by atoms with Gasteiger partial charge in [0.1, 0.15) is 12.4 Å². The van der Waals surface area contributed by atoms with Crippen molar-refractivity contribution in [3.05, 3.63) is 76.2 Å². The molecule has 0 radical (unpaired) electrons. The minimum Gasteiger partial charge on any atom is -0.493 e. The summed E-state index contributed by atoms with van der Waals surface area (Å²) >= 11 is 0. The molecule has 0 saturated carbocycles. The van der Waals surface area contributed by atoms with Crippen molar-refractivity contribution >= 4 is 17.8 Å². The van der Waals surface area contributed by atoms with Gasteiger partial charge in [-0.25, -0.2) is 9.69 Å². The first kappa shape index (κ1) is 21.1. The van der Waals surface area contributed by atoms with E-state index in [1.165, 1.54) is 19.2 Å². The molecule has 2 aromatic carbocycles. The Bertz CT molecular complexity index is 1160. The minimum atomic E-state index is -0.711. The molecule has 0 fully saturated rings. The lowest BCUT2D eigenvalue weighted by molar-refractivity contribution is 0.0228. The van der Waals surface area contributed by atoms with Crippen LogP contribution in [-0.2, 0) is 11.3 Å². The largest absolute Gasteiger partial charge is 0.493 e. The van der Waals surface area contributed by atoms with Crippen LogP contribution in [0.4, 0.5) is 0 Å². The fourth-order valence-corrected chi connectivity index (χ4v) is 3.33. The molecule has 2 amide bonds. The molecule has 1 aliphatic rings. The van der Waals surface area contributed by atoms with Crippen LogP contribution in [0.3, 0.4) is 0 Å². The smallest absolute Gasteiger partial charge is 0.340 e. The number of aryl methyl sites for hydroxylation is 2. The van der Waals surface area contributed by atoms with Gasteiger partial charge in [-0.1, -0.05) is 17.3 Å². The molecule has 9 nitrogen and oxygen atoms in total. The van der Waals surface area contributed by atoms with Crippen molar-refractivity contribution in [1.29, 1.82) is 0 Å². The first-order valence-electron chi connectivity index (χ1n) is 9.75. The van der Waals surface area contributed by atoms with Crippen LogP contribution in [0.25, 0.3) is 0 Å². The molecule has 0 atom stereocenters. The molecule has 2 heterocycles. The summed E-state index contributed by atoms with van der Waals surface area (Å²) in [6.07, 6.45) is 0. The number of benzene rings is 2. The zero-order chi connectivity index (χ0) is 22.8. The van der Waals surface area contributed by atoms with Crippen LogP contribution >= 0.6 is 0 Å². The molecule has 1 aromatic heterocycles. The molecule has 0 spiro atoms. The van der Waals surface area contributed by atoms with Gasteiger partial charge in [0, 0.05) is 0 Å². The number of hydrogen-bond acceptors (Lipinski definition) is 8. The number of carbonyl (C=O) groups is 3. The Morgan fingerprint density at radius 1 is 1.03 bits per heavy atom. The minimum absolute atomic E-state index is 0.183. The van der Waals surface area contributed by atoms with Crippen LogP contribution in [0.5, 0.6) is 11.5 Å². The number of carbonyl (C=O) groups excluding carboxylic acids is 3. The first-order valence-corrected chi connectivity index (χ1v) is 9.75. The summed E-state index contributed by atoms with van der Waals surface area (Å²) < 4.78 is 21.5. The number of methoxy groups -OCH3 is 1. The Morgan fingerprint density at radius 2 is 1.72 bits per heavy atom. The van der Waals surface area contributed by atoms with E-state index in [1.54, 1.807) is 37.3 Å². The zero-order valence-corrected chi connectivity index (χ0v) is 17.7. The van der Waals surface area contributed by atoms with Crippen molar-refractivity contribution in [1.82, 2.24) is 10.1 Å². The molecule has 4 rings (SSSR count). The lowest BCUT2D eigenvalue weighted by Crippen LogP contribution is -2.33. The van der Waals surface area contributed by atoms with E-state index in [2.05, 4.69) is 5.16 Å². The Balaban J connectivity index is 1.42. The topological polar surface area (TPSA) is 108 Å². The van der Waals surface area contributed by atoms with Crippen LogP contribution in [0.1, 0.15) is 48.1 Å². The Labute approximate surface area is 183 Å². The monoisotopic (exact) mass is 436 g/mol. The molecule has 0 N–H and O–H groups in total. The molecule has 0 unspecified atom stereocenters. The predicted molar refractivity (Wildman–Crippen MR) is 111 cm³/mol. The van der Waals surface area contributed by atoms with E-state index in [0.29, 0.717) is 17.3 Å². The third-order valence-corrected chi connectivity index (χ3v) is 5.16. The number of fused-ring (bicyclic) bond motifs is 1. The van der Waals surface area contributed by atoms with E-state index in [0.717, 1.165) is 16.2 Å². The number of nitrogens with zero attached hydrogens (tertiary/aromatic N) is 2. The maximum Gasteiger partial charge on any atom is 0.340 e. The van der Waals surface area contributed by atoms with Gasteiger partial charge in [-0.05, 0) is 44.2 Å². The second-order valence-corrected chi connectivity index (χ2v) is 7.10. The van der Waals surface area contributed by atoms with Gasteiger partial charge in [-0.15, -0.1) is 0 Å². The van der Waals surface area contributed by atoms with Crippen molar-refractivity contribution < 1.29 is 33.1 Å². The average molecular weight is 436 g/mol. The quantitative estimate of drug-likeness (QED) is 0.410. The maximum absolute atomic E-state index is 12.5. The van der Waals surface area contributed by atoms with Crippen LogP contribution < -0.4 is 9.47 Å². The molecule has 32 heavy (non-hydrogen) atoms. The second-order valence-electron chi connectivity index (χ2n) is 7.10. The number of aromatic nitrogens is 1. The van der Waals surface area contributed by atoms with Crippen molar-refractivity contribution in [2.45, 2.75) is 20.5 Å². The Kier molecular flexibility index (Phi) is 5.63. The van der Waals surface area contributed by atoms with Gasteiger partial charge in [-0.2, -0.15) is 0 Å². The zero-order valence-electron chi connectivity index (χ0n) is 17.7. The van der Waals surface area contributed by atoms with Gasteiger partial charge in [0.2, 0.25) is 0 Å². The summed E-state index contributed by atoms with van der Waals surface area (Å²) in [6.45, 7) is 3.35. The molecular formula is C23H20N2O7. The molecule has 1 aliphatic heterocycles. The Morgan fingerprint density at radius 3 is 2.31 bits per heavy atom. The van der Waals surface area contributed by atoms with E-state index in [4.69, 9.17) is 18.7 Å². The van der Waals surface area contributed by atoms with Gasteiger partial charge in [0.05, 0.1) is 35.1 Å². The number of ether oxygens (including phenoxy) is 3. The van der Waals surface area contributed by atoms with Crippen LogP contribution in [0.15, 0.2) is 47.0 Å². The second kappa shape index (κ2) is 8.54. The van der Waals surface area contributed by atoms with Gasteiger partial charge in [-0.3, -0.25) is 9.59 Å². The number of rotatable bonds is 7. The summed E-state index contributed by atoms with van der Waals surface area (Å²) in [4.78, 5) is 38.2. The number of imide groups is 1. The fourth-order valence-electron chi connectivity index (χ4n) is 3.33. The van der Waals surface area contributed by atoms with Crippen molar-refractivity contribution in [3.63, 3.8) is 0 Å². The fraction of sp³-hybridized carbons (Fsp3) is 0.217. The van der Waals surface area contributed by atoms with Crippen molar-refractivity contribution in [2.75, 3.05) is 13.8 Å². The van der Waals surface area contributed by atoms with E-state index < -0.39 is 24.5 Å². The van der Waals surface area contributed by atoms with Crippen LogP contribution in [0.2, 0.25) is 0 Å². The summed E-state index contributed by atoms with van der Waals surface area (Å²) in [7, 11) is 1.45. The average Bonchev–Trinajstić information content (AvgIpc) is 3.26. The summed E-state index contributed by atoms with van der Waals surface area (Å²) in [5.41, 5.74) is 2.32. The lowest BCUT2D eigenvalue weighted by Gasteiger charge is -2.15. The Hall–Kier alpha value is -4.14. The molecule has 9 heteroatoms. The third kappa shape index (κ3) is 3.80. The molecule has 164 valence electrons. The predicted octanol–water partition coefficient (Wildman–Crippen LogP) is 3.29. The van der Waals surface area contributed by atoms with E-state index in [-0.39, 0.29) is 23.3 Å². The van der Waals surface area contributed by atoms with Gasteiger partial charge < -0.3 is 18.7 Å². The summed E-state index contributed by atoms with van der Waals surface area (Å²) in [6, 6.07) is 11.0. The normalized spacial score (nSPS) is 12.7. The standard InChI is InChI=1S/C23H20N2O7/c1-13-18(14(2)32-24-13)11-30-19-9-8-15(10-20(19)29-3)23(28)31-12-25-21(26)16-6-4-5-7-17(16)22(25)27/h4-10H,11-12H2,1-3H3. The molecular weight excluding hydrogens is 416 g/mol. The maximum atomic E-state index is 12.5.